The molecule has 0 fully saturated rings. The quantitative estimate of drug-likeness (QED) is 0.752. The lowest BCUT2D eigenvalue weighted by molar-refractivity contribution is 0.289. The molecule has 1 rings (SSSR count). The van der Waals surface area contributed by atoms with Crippen molar-refractivity contribution >= 4 is 11.5 Å². The van der Waals surface area contributed by atoms with Crippen molar-refractivity contribution in [3.63, 3.8) is 0 Å². The van der Waals surface area contributed by atoms with Gasteiger partial charge >= 0.3 is 0 Å². The van der Waals surface area contributed by atoms with E-state index in [1.807, 2.05) is 18.7 Å². The molecule has 0 atom stereocenters. The number of nitrogens with two attached hydrogens (primary N) is 1. The molecule has 0 amide bonds. The second kappa shape index (κ2) is 5.75. The molecular weight excluding hydrogens is 204 g/mol. The second-order valence-corrected chi connectivity index (χ2v) is 3.82. The maximum absolute atomic E-state index is 8.87. The van der Waals surface area contributed by atoms with Crippen LogP contribution in [-0.4, -0.2) is 34.6 Å². The van der Waals surface area contributed by atoms with E-state index < -0.39 is 0 Å². The molecule has 0 bridgehead atoms. The summed E-state index contributed by atoms with van der Waals surface area (Å²) in [6.07, 6.45) is 1.59. The van der Waals surface area contributed by atoms with Crippen LogP contribution in [-0.2, 0) is 13.5 Å². The van der Waals surface area contributed by atoms with E-state index in [1.54, 1.807) is 0 Å². The highest BCUT2D eigenvalue weighted by Gasteiger charge is 2.16. The molecule has 0 unspecified atom stereocenters. The summed E-state index contributed by atoms with van der Waals surface area (Å²) in [5.41, 5.74) is 7.79. The maximum Gasteiger partial charge on any atom is 0.150 e. The van der Waals surface area contributed by atoms with Crippen molar-refractivity contribution in [2.45, 2.75) is 26.7 Å². The van der Waals surface area contributed by atoms with Crippen molar-refractivity contribution in [3.8, 4) is 0 Å². The first-order valence-electron chi connectivity index (χ1n) is 5.82. The lowest BCUT2D eigenvalue weighted by atomic mass is 10.2. The van der Waals surface area contributed by atoms with Gasteiger partial charge in [-0.25, -0.2) is 0 Å². The first-order valence-corrected chi connectivity index (χ1v) is 5.82. The second-order valence-electron chi connectivity index (χ2n) is 3.82. The van der Waals surface area contributed by atoms with Gasteiger partial charge in [-0.15, -0.1) is 0 Å². The van der Waals surface area contributed by atoms with Gasteiger partial charge in [0.1, 0.15) is 5.82 Å². The van der Waals surface area contributed by atoms with Gasteiger partial charge in [0.15, 0.2) is 0 Å². The molecule has 0 saturated heterocycles. The summed E-state index contributed by atoms with van der Waals surface area (Å²) in [6, 6.07) is 0. The first-order chi connectivity index (χ1) is 7.65. The Labute approximate surface area is 96.9 Å². The number of hydrogen-bond acceptors (Lipinski definition) is 4. The van der Waals surface area contributed by atoms with Crippen LogP contribution in [0.4, 0.5) is 11.5 Å². The van der Waals surface area contributed by atoms with E-state index in [2.05, 4.69) is 16.9 Å². The predicted molar refractivity (Wildman–Crippen MR) is 66.6 cm³/mol. The Hall–Kier alpha value is -1.23. The Balaban J connectivity index is 2.95. The third-order valence-electron chi connectivity index (χ3n) is 2.73. The Morgan fingerprint density at radius 1 is 1.44 bits per heavy atom. The maximum atomic E-state index is 8.87. The molecule has 16 heavy (non-hydrogen) atoms. The van der Waals surface area contributed by atoms with E-state index in [4.69, 9.17) is 10.8 Å². The first kappa shape index (κ1) is 12.8. The van der Waals surface area contributed by atoms with E-state index >= 15 is 0 Å². The van der Waals surface area contributed by atoms with Crippen LogP contribution in [0, 0.1) is 0 Å². The van der Waals surface area contributed by atoms with Crippen LogP contribution in [0.5, 0.6) is 0 Å². The van der Waals surface area contributed by atoms with Crippen LogP contribution < -0.4 is 10.6 Å². The monoisotopic (exact) mass is 226 g/mol. The number of nitrogens with zero attached hydrogens (tertiary/aromatic N) is 3. The normalized spacial score (nSPS) is 10.8. The summed E-state index contributed by atoms with van der Waals surface area (Å²) in [4.78, 5) is 2.15. The van der Waals surface area contributed by atoms with Crippen LogP contribution in [0.2, 0.25) is 0 Å². The van der Waals surface area contributed by atoms with E-state index in [0.717, 1.165) is 43.1 Å². The molecule has 1 aromatic heterocycles. The predicted octanol–water partition coefficient (Wildman–Crippen LogP) is 0.773. The number of anilines is 2. The summed E-state index contributed by atoms with van der Waals surface area (Å²) in [5, 5.41) is 13.3. The third-order valence-corrected chi connectivity index (χ3v) is 2.73. The number of aromatic nitrogens is 2. The highest BCUT2D eigenvalue weighted by molar-refractivity contribution is 5.66. The standard InChI is InChI=1S/C11H22N4O/c1-4-9-10(12)11(14(3)13-9)15(5-2)7-6-8-16/h16H,4-8,12H2,1-3H3. The van der Waals surface area contributed by atoms with Crippen molar-refractivity contribution in [3.05, 3.63) is 5.69 Å². The average molecular weight is 226 g/mol. The molecule has 0 radical (unpaired) electrons. The Morgan fingerprint density at radius 2 is 2.12 bits per heavy atom. The fourth-order valence-corrected chi connectivity index (χ4v) is 1.90. The molecule has 5 heteroatoms. The molecule has 1 aromatic rings. The Morgan fingerprint density at radius 3 is 2.56 bits per heavy atom. The molecular formula is C11H22N4O. The van der Waals surface area contributed by atoms with Gasteiger partial charge in [-0.3, -0.25) is 4.68 Å². The Bertz CT molecular complexity index is 335. The van der Waals surface area contributed by atoms with Gasteiger partial charge in [0.05, 0.1) is 11.4 Å². The molecule has 0 saturated carbocycles. The van der Waals surface area contributed by atoms with Crippen LogP contribution >= 0.6 is 0 Å². The van der Waals surface area contributed by atoms with Crippen molar-refractivity contribution in [1.82, 2.24) is 9.78 Å². The van der Waals surface area contributed by atoms with Gasteiger partial charge in [-0.1, -0.05) is 6.92 Å². The fraction of sp³-hybridized carbons (Fsp3) is 0.727. The molecule has 0 aliphatic carbocycles. The van der Waals surface area contributed by atoms with Crippen LogP contribution in [0.15, 0.2) is 0 Å². The number of hydrogen-bond donors (Lipinski definition) is 2. The molecule has 0 aromatic carbocycles. The highest BCUT2D eigenvalue weighted by atomic mass is 16.3. The Kier molecular flexibility index (Phi) is 4.61. The number of rotatable bonds is 6. The lowest BCUT2D eigenvalue weighted by Gasteiger charge is -2.23. The number of aryl methyl sites for hydroxylation is 2. The van der Waals surface area contributed by atoms with E-state index in [1.165, 1.54) is 0 Å². The summed E-state index contributed by atoms with van der Waals surface area (Å²) < 4.78 is 1.83. The minimum Gasteiger partial charge on any atom is -0.396 e. The van der Waals surface area contributed by atoms with Gasteiger partial charge in [0.25, 0.3) is 0 Å². The van der Waals surface area contributed by atoms with Crippen molar-refractivity contribution in [2.24, 2.45) is 7.05 Å². The van der Waals surface area contributed by atoms with Crippen molar-refractivity contribution < 1.29 is 5.11 Å². The minimum absolute atomic E-state index is 0.203. The van der Waals surface area contributed by atoms with Gasteiger partial charge < -0.3 is 15.7 Å². The van der Waals surface area contributed by atoms with Gasteiger partial charge in [-0.05, 0) is 19.8 Å². The molecule has 0 aliphatic heterocycles. The average Bonchev–Trinajstić information content (AvgIpc) is 2.57. The van der Waals surface area contributed by atoms with Crippen LogP contribution in [0.25, 0.3) is 0 Å². The van der Waals surface area contributed by atoms with E-state index in [0.29, 0.717) is 0 Å². The molecule has 3 N–H and O–H groups in total. The SMILES string of the molecule is CCc1nn(C)c(N(CC)CCCO)c1N. The zero-order chi connectivity index (χ0) is 12.1. The van der Waals surface area contributed by atoms with Gasteiger partial charge in [0.2, 0.25) is 0 Å². The summed E-state index contributed by atoms with van der Waals surface area (Å²) in [6.45, 7) is 6.00. The lowest BCUT2D eigenvalue weighted by Crippen LogP contribution is -2.27. The highest BCUT2D eigenvalue weighted by Crippen LogP contribution is 2.26. The molecule has 1 heterocycles. The number of aliphatic hydroxyl groups is 1. The fourth-order valence-electron chi connectivity index (χ4n) is 1.90. The summed E-state index contributed by atoms with van der Waals surface area (Å²) in [7, 11) is 1.91. The van der Waals surface area contributed by atoms with E-state index in [9.17, 15) is 0 Å². The third kappa shape index (κ3) is 2.47. The molecule has 0 spiro atoms. The van der Waals surface area contributed by atoms with E-state index in [-0.39, 0.29) is 6.61 Å². The van der Waals surface area contributed by atoms with Crippen LogP contribution in [0.1, 0.15) is 26.0 Å². The zero-order valence-corrected chi connectivity index (χ0v) is 10.4. The summed E-state index contributed by atoms with van der Waals surface area (Å²) in [5.74, 6) is 0.966. The van der Waals surface area contributed by atoms with Crippen LogP contribution in [0.3, 0.4) is 0 Å². The topological polar surface area (TPSA) is 67.3 Å². The van der Waals surface area contributed by atoms with Gasteiger partial charge in [-0.2, -0.15) is 5.10 Å². The van der Waals surface area contributed by atoms with Crippen molar-refractivity contribution in [2.75, 3.05) is 30.3 Å². The number of aliphatic hydroxyl groups excluding tert-OH is 1. The summed E-state index contributed by atoms with van der Waals surface area (Å²) >= 11 is 0. The molecule has 92 valence electrons. The van der Waals surface area contributed by atoms with Gasteiger partial charge in [0, 0.05) is 26.7 Å². The molecule has 5 nitrogen and oxygen atoms in total. The smallest absolute Gasteiger partial charge is 0.150 e. The molecule has 0 aliphatic rings. The van der Waals surface area contributed by atoms with Crippen molar-refractivity contribution in [1.29, 1.82) is 0 Å². The largest absolute Gasteiger partial charge is 0.396 e. The number of nitrogen functional groups attached to an aromatic ring is 1. The minimum atomic E-state index is 0.203. The zero-order valence-electron chi connectivity index (χ0n) is 10.4.